The lowest BCUT2D eigenvalue weighted by Crippen LogP contribution is -1.97. The van der Waals surface area contributed by atoms with Gasteiger partial charge in [0.05, 0.1) is 25.1 Å². The van der Waals surface area contributed by atoms with Gasteiger partial charge in [-0.1, -0.05) is 11.3 Å². The van der Waals surface area contributed by atoms with Crippen LogP contribution < -0.4 is 9.47 Å². The second kappa shape index (κ2) is 4.24. The molecule has 0 N–H and O–H groups in total. The first-order valence-corrected chi connectivity index (χ1v) is 6.97. The monoisotopic (exact) mass is 273 g/mol. The van der Waals surface area contributed by atoms with Crippen LogP contribution in [-0.4, -0.2) is 27.8 Å². The van der Waals surface area contributed by atoms with E-state index in [1.54, 1.807) is 10.0 Å². The van der Waals surface area contributed by atoms with Crippen LogP contribution in [0.15, 0.2) is 29.9 Å². The highest BCUT2D eigenvalue weighted by Gasteiger charge is 2.13. The van der Waals surface area contributed by atoms with Crippen molar-refractivity contribution in [3.05, 3.63) is 29.9 Å². The molecule has 0 bridgehead atoms. The van der Waals surface area contributed by atoms with Crippen LogP contribution in [0.3, 0.4) is 0 Å². The summed E-state index contributed by atoms with van der Waals surface area (Å²) in [6.07, 6.45) is 2.83. The first kappa shape index (κ1) is 10.8. The van der Waals surface area contributed by atoms with Crippen molar-refractivity contribution < 1.29 is 9.47 Å². The fourth-order valence-corrected chi connectivity index (χ4v) is 2.70. The van der Waals surface area contributed by atoms with Crippen LogP contribution in [0.5, 0.6) is 11.5 Å². The van der Waals surface area contributed by atoms with Gasteiger partial charge in [0.15, 0.2) is 11.5 Å². The number of benzene rings is 1. The van der Waals surface area contributed by atoms with Gasteiger partial charge in [-0.25, -0.2) is 9.50 Å². The molecule has 5 nitrogen and oxygen atoms in total. The highest BCUT2D eigenvalue weighted by molar-refractivity contribution is 7.14. The van der Waals surface area contributed by atoms with Gasteiger partial charge in [-0.15, -0.1) is 0 Å². The number of rotatable bonds is 1. The molecule has 0 atom stereocenters. The number of fused-ring (bicyclic) bond motifs is 2. The van der Waals surface area contributed by atoms with Gasteiger partial charge in [-0.05, 0) is 18.2 Å². The lowest BCUT2D eigenvalue weighted by Gasteiger charge is -2.07. The molecule has 3 heterocycles. The molecule has 1 aromatic carbocycles. The molecule has 0 amide bonds. The van der Waals surface area contributed by atoms with Crippen LogP contribution in [-0.2, 0) is 0 Å². The van der Waals surface area contributed by atoms with Crippen LogP contribution in [0.2, 0.25) is 0 Å². The van der Waals surface area contributed by atoms with Gasteiger partial charge in [0.1, 0.15) is 5.51 Å². The average Bonchev–Trinajstić information content (AvgIpc) is 2.93. The molecule has 0 spiro atoms. The molecule has 0 fully saturated rings. The predicted molar refractivity (Wildman–Crippen MR) is 71.9 cm³/mol. The van der Waals surface area contributed by atoms with Gasteiger partial charge in [0.2, 0.25) is 4.96 Å². The van der Waals surface area contributed by atoms with E-state index in [9.17, 15) is 0 Å². The van der Waals surface area contributed by atoms with Gasteiger partial charge >= 0.3 is 0 Å². The van der Waals surface area contributed by atoms with Crippen LogP contribution in [0.4, 0.5) is 0 Å². The molecule has 1 aliphatic heterocycles. The van der Waals surface area contributed by atoms with Crippen molar-refractivity contribution in [3.63, 3.8) is 0 Å². The van der Waals surface area contributed by atoms with E-state index in [0.717, 1.165) is 34.1 Å². The molecular weight excluding hydrogens is 262 g/mol. The number of imidazole rings is 1. The largest absolute Gasteiger partial charge is 0.490 e. The zero-order valence-electron chi connectivity index (χ0n) is 10.1. The van der Waals surface area contributed by atoms with E-state index in [2.05, 4.69) is 10.1 Å². The number of hydrogen-bond donors (Lipinski definition) is 0. The molecule has 0 saturated carbocycles. The smallest absolute Gasteiger partial charge is 0.212 e. The maximum absolute atomic E-state index is 5.69. The molecule has 0 aliphatic carbocycles. The van der Waals surface area contributed by atoms with E-state index in [-0.39, 0.29) is 0 Å². The first-order chi connectivity index (χ1) is 9.40. The van der Waals surface area contributed by atoms with Gasteiger partial charge in [0.25, 0.3) is 0 Å². The lowest BCUT2D eigenvalue weighted by atomic mass is 10.1. The minimum atomic E-state index is 0.691. The Kier molecular flexibility index (Phi) is 2.41. The van der Waals surface area contributed by atoms with Crippen molar-refractivity contribution in [2.75, 3.05) is 13.2 Å². The maximum Gasteiger partial charge on any atom is 0.212 e. The van der Waals surface area contributed by atoms with Crippen molar-refractivity contribution in [1.82, 2.24) is 14.6 Å². The summed E-state index contributed by atoms with van der Waals surface area (Å²) in [7, 11) is 0. The van der Waals surface area contributed by atoms with Gasteiger partial charge in [0, 0.05) is 12.0 Å². The summed E-state index contributed by atoms with van der Waals surface area (Å²) in [6.45, 7) is 1.40. The van der Waals surface area contributed by atoms with Crippen molar-refractivity contribution in [3.8, 4) is 22.8 Å². The Morgan fingerprint density at radius 2 is 2.05 bits per heavy atom. The van der Waals surface area contributed by atoms with Crippen molar-refractivity contribution >= 4 is 16.3 Å². The second-order valence-corrected chi connectivity index (χ2v) is 5.12. The minimum absolute atomic E-state index is 0.691. The van der Waals surface area contributed by atoms with E-state index in [0.29, 0.717) is 13.2 Å². The molecule has 1 aliphatic rings. The third-order valence-corrected chi connectivity index (χ3v) is 3.72. The molecule has 0 radical (unpaired) electrons. The predicted octanol–water partition coefficient (Wildman–Crippen LogP) is 2.62. The van der Waals surface area contributed by atoms with Gasteiger partial charge in [-0.2, -0.15) is 5.10 Å². The molecule has 4 rings (SSSR count). The fraction of sp³-hybridized carbons (Fsp3) is 0.231. The third-order valence-electron chi connectivity index (χ3n) is 3.03. The Morgan fingerprint density at radius 1 is 1.16 bits per heavy atom. The fourth-order valence-electron chi connectivity index (χ4n) is 2.10. The standard InChI is InChI=1S/C13H11N3O2S/c1-4-17-11-3-2-9(6-12(11)18-5-1)10-7-16-13(15-10)19-8-14-16/h2-3,6-8H,1,4-5H2. The molecule has 6 heteroatoms. The number of nitrogens with zero attached hydrogens (tertiary/aromatic N) is 3. The van der Waals surface area contributed by atoms with Crippen molar-refractivity contribution in [2.45, 2.75) is 6.42 Å². The highest BCUT2D eigenvalue weighted by Crippen LogP contribution is 2.34. The molecular formula is C13H11N3O2S. The Labute approximate surface area is 113 Å². The summed E-state index contributed by atoms with van der Waals surface area (Å²) < 4.78 is 13.1. The second-order valence-electron chi connectivity index (χ2n) is 4.30. The van der Waals surface area contributed by atoms with E-state index in [4.69, 9.17) is 9.47 Å². The average molecular weight is 273 g/mol. The summed E-state index contributed by atoms with van der Waals surface area (Å²) in [4.78, 5) is 5.43. The van der Waals surface area contributed by atoms with E-state index in [1.165, 1.54) is 11.3 Å². The first-order valence-electron chi connectivity index (χ1n) is 6.09. The Bertz CT molecular complexity index is 706. The van der Waals surface area contributed by atoms with Gasteiger partial charge in [-0.3, -0.25) is 0 Å². The number of ether oxygens (including phenoxy) is 2. The number of aromatic nitrogens is 3. The van der Waals surface area contributed by atoms with Crippen LogP contribution in [0, 0.1) is 0 Å². The van der Waals surface area contributed by atoms with Crippen molar-refractivity contribution in [1.29, 1.82) is 0 Å². The topological polar surface area (TPSA) is 48.7 Å². The Morgan fingerprint density at radius 3 is 2.95 bits per heavy atom. The Hall–Kier alpha value is -2.08. The maximum atomic E-state index is 5.69. The van der Waals surface area contributed by atoms with Crippen molar-refractivity contribution in [2.24, 2.45) is 0 Å². The highest BCUT2D eigenvalue weighted by atomic mass is 32.1. The van der Waals surface area contributed by atoms with Crippen LogP contribution in [0.25, 0.3) is 16.2 Å². The lowest BCUT2D eigenvalue weighted by molar-refractivity contribution is 0.297. The van der Waals surface area contributed by atoms with Crippen LogP contribution in [0.1, 0.15) is 6.42 Å². The summed E-state index contributed by atoms with van der Waals surface area (Å²) >= 11 is 1.52. The quantitative estimate of drug-likeness (QED) is 0.684. The molecule has 0 saturated heterocycles. The van der Waals surface area contributed by atoms with E-state index >= 15 is 0 Å². The summed E-state index contributed by atoms with van der Waals surface area (Å²) in [6, 6.07) is 5.92. The van der Waals surface area contributed by atoms with Gasteiger partial charge < -0.3 is 9.47 Å². The SMILES string of the molecule is c1nn2cc(-c3ccc4c(c3)OCCCO4)nc2s1. The summed E-state index contributed by atoms with van der Waals surface area (Å²) in [5.74, 6) is 1.60. The normalized spacial score (nSPS) is 14.5. The molecule has 96 valence electrons. The van der Waals surface area contributed by atoms with Crippen LogP contribution >= 0.6 is 11.3 Å². The molecule has 3 aromatic rings. The molecule has 0 unspecified atom stereocenters. The van der Waals surface area contributed by atoms with E-state index < -0.39 is 0 Å². The molecule has 2 aromatic heterocycles. The van der Waals surface area contributed by atoms with E-state index in [1.807, 2.05) is 24.4 Å². The minimum Gasteiger partial charge on any atom is -0.490 e. The number of hydrogen-bond acceptors (Lipinski definition) is 5. The zero-order valence-corrected chi connectivity index (χ0v) is 10.9. The Balaban J connectivity index is 1.78. The summed E-state index contributed by atoms with van der Waals surface area (Å²) in [5, 5.41) is 4.18. The zero-order chi connectivity index (χ0) is 12.7. The summed E-state index contributed by atoms with van der Waals surface area (Å²) in [5.41, 5.74) is 3.69. The molecule has 19 heavy (non-hydrogen) atoms. The third kappa shape index (κ3) is 1.84.